The molecule has 0 unspecified atom stereocenters. The number of esters is 1. The molecule has 0 N–H and O–H groups in total. The van der Waals surface area contributed by atoms with Crippen LogP contribution < -0.4 is 14.2 Å². The first kappa shape index (κ1) is 18.8. The van der Waals surface area contributed by atoms with Gasteiger partial charge in [0.1, 0.15) is 5.75 Å². The molecule has 0 saturated heterocycles. The predicted octanol–water partition coefficient (Wildman–Crippen LogP) is 4.58. The zero-order valence-electron chi connectivity index (χ0n) is 15.3. The largest absolute Gasteiger partial charge is 0.496 e. The minimum absolute atomic E-state index is 0.0916. The van der Waals surface area contributed by atoms with Gasteiger partial charge in [-0.25, -0.2) is 4.79 Å². The Balaban J connectivity index is 1.91. The minimum Gasteiger partial charge on any atom is -0.496 e. The number of furan rings is 1. The fourth-order valence-electron chi connectivity index (χ4n) is 2.61. The number of hydrogen-bond donors (Lipinski definition) is 0. The van der Waals surface area contributed by atoms with E-state index in [1.54, 1.807) is 43.5 Å². The molecule has 1 aromatic heterocycles. The van der Waals surface area contributed by atoms with Crippen LogP contribution in [-0.2, 0) is 0 Å². The average molecular weight is 375 g/mol. The van der Waals surface area contributed by atoms with E-state index in [1.807, 2.05) is 18.2 Å². The van der Waals surface area contributed by atoms with Crippen LogP contribution in [0, 0.1) is 11.3 Å². The van der Waals surface area contributed by atoms with Crippen LogP contribution in [0.25, 0.3) is 11.6 Å². The highest BCUT2D eigenvalue weighted by atomic mass is 16.6. The molecular weight excluding hydrogens is 358 g/mol. The van der Waals surface area contributed by atoms with Crippen molar-refractivity contribution in [2.24, 2.45) is 0 Å². The van der Waals surface area contributed by atoms with Crippen molar-refractivity contribution in [3.63, 3.8) is 0 Å². The van der Waals surface area contributed by atoms with E-state index in [1.165, 1.54) is 19.4 Å². The fourth-order valence-corrected chi connectivity index (χ4v) is 2.61. The monoisotopic (exact) mass is 375 g/mol. The van der Waals surface area contributed by atoms with E-state index >= 15 is 0 Å². The highest BCUT2D eigenvalue weighted by Gasteiger charge is 2.15. The van der Waals surface area contributed by atoms with Gasteiger partial charge in [-0.2, -0.15) is 5.26 Å². The molecule has 0 aliphatic carbocycles. The normalized spacial score (nSPS) is 10.8. The number of carbonyl (C=O) groups excluding carboxylic acids is 1. The van der Waals surface area contributed by atoms with Crippen LogP contribution in [0.3, 0.4) is 0 Å². The summed E-state index contributed by atoms with van der Waals surface area (Å²) < 4.78 is 21.0. The van der Waals surface area contributed by atoms with Crippen molar-refractivity contribution in [3.8, 4) is 23.3 Å². The van der Waals surface area contributed by atoms with Crippen LogP contribution in [0.4, 0.5) is 0 Å². The Kier molecular flexibility index (Phi) is 5.78. The van der Waals surface area contributed by atoms with Gasteiger partial charge in [0.25, 0.3) is 0 Å². The number of rotatable bonds is 6. The second-order valence-electron chi connectivity index (χ2n) is 5.65. The van der Waals surface area contributed by atoms with Crippen molar-refractivity contribution < 1.29 is 23.4 Å². The zero-order valence-corrected chi connectivity index (χ0v) is 15.3. The summed E-state index contributed by atoms with van der Waals surface area (Å²) >= 11 is 0. The van der Waals surface area contributed by atoms with Gasteiger partial charge in [0, 0.05) is 5.56 Å². The number of carbonyl (C=O) groups is 1. The van der Waals surface area contributed by atoms with Crippen molar-refractivity contribution in [2.45, 2.75) is 0 Å². The summed E-state index contributed by atoms with van der Waals surface area (Å²) in [5.41, 5.74) is 1.82. The Bertz CT molecular complexity index is 1050. The average Bonchev–Trinajstić information content (AvgIpc) is 3.28. The Hall–Kier alpha value is -3.98. The van der Waals surface area contributed by atoms with Gasteiger partial charge in [-0.15, -0.1) is 0 Å². The molecule has 3 aromatic rings. The minimum atomic E-state index is -0.627. The predicted molar refractivity (Wildman–Crippen MR) is 103 cm³/mol. The number of allylic oxidation sites excluding steroid dienone is 1. The number of para-hydroxylation sites is 1. The summed E-state index contributed by atoms with van der Waals surface area (Å²) in [5.74, 6) is 0.668. The highest BCUT2D eigenvalue weighted by molar-refractivity contribution is 5.92. The van der Waals surface area contributed by atoms with Crippen LogP contribution in [0.2, 0.25) is 0 Å². The summed E-state index contributed by atoms with van der Waals surface area (Å²) in [7, 11) is 3.03. The molecule has 1 heterocycles. The molecule has 0 spiro atoms. The molecule has 28 heavy (non-hydrogen) atoms. The number of nitriles is 1. The lowest BCUT2D eigenvalue weighted by atomic mass is 10.0. The van der Waals surface area contributed by atoms with E-state index in [9.17, 15) is 10.1 Å². The Morgan fingerprint density at radius 2 is 1.79 bits per heavy atom. The smallest absolute Gasteiger partial charge is 0.379 e. The molecule has 0 amide bonds. The quantitative estimate of drug-likeness (QED) is 0.271. The molecule has 6 heteroatoms. The number of methoxy groups -OCH3 is 2. The van der Waals surface area contributed by atoms with E-state index in [-0.39, 0.29) is 11.5 Å². The molecule has 0 fully saturated rings. The van der Waals surface area contributed by atoms with Gasteiger partial charge in [0.15, 0.2) is 11.5 Å². The highest BCUT2D eigenvalue weighted by Crippen LogP contribution is 2.32. The molecule has 0 bridgehead atoms. The van der Waals surface area contributed by atoms with E-state index < -0.39 is 5.97 Å². The van der Waals surface area contributed by atoms with Crippen LogP contribution in [0.15, 0.2) is 65.3 Å². The van der Waals surface area contributed by atoms with Gasteiger partial charge in [0.2, 0.25) is 5.76 Å². The second kappa shape index (κ2) is 8.60. The Morgan fingerprint density at radius 3 is 2.46 bits per heavy atom. The maximum Gasteiger partial charge on any atom is 0.379 e. The van der Waals surface area contributed by atoms with Gasteiger partial charge in [-0.1, -0.05) is 18.2 Å². The number of ether oxygens (including phenoxy) is 3. The van der Waals surface area contributed by atoms with Crippen molar-refractivity contribution in [1.82, 2.24) is 0 Å². The first-order chi connectivity index (χ1) is 13.7. The number of nitrogens with zero attached hydrogens (tertiary/aromatic N) is 1. The summed E-state index contributed by atoms with van der Waals surface area (Å²) in [6, 6.07) is 17.6. The molecule has 2 aromatic carbocycles. The molecule has 0 saturated carbocycles. The van der Waals surface area contributed by atoms with Crippen LogP contribution >= 0.6 is 0 Å². The van der Waals surface area contributed by atoms with Crippen molar-refractivity contribution in [2.75, 3.05) is 14.2 Å². The third-order valence-electron chi connectivity index (χ3n) is 3.94. The lowest BCUT2D eigenvalue weighted by molar-refractivity contribution is 0.0696. The SMILES string of the molecule is COc1cc(/C=C(/C#N)c2ccccc2OC)ccc1OC(=O)c1ccco1. The molecule has 6 nitrogen and oxygen atoms in total. The molecule has 140 valence electrons. The summed E-state index contributed by atoms with van der Waals surface area (Å²) in [5, 5.41) is 9.58. The second-order valence-corrected chi connectivity index (χ2v) is 5.65. The van der Waals surface area contributed by atoms with Gasteiger partial charge in [0.05, 0.1) is 32.1 Å². The number of hydrogen-bond acceptors (Lipinski definition) is 6. The van der Waals surface area contributed by atoms with Crippen LogP contribution in [-0.4, -0.2) is 20.2 Å². The summed E-state index contributed by atoms with van der Waals surface area (Å²) in [4.78, 5) is 12.1. The maximum atomic E-state index is 12.1. The summed E-state index contributed by atoms with van der Waals surface area (Å²) in [6.45, 7) is 0. The van der Waals surface area contributed by atoms with Crippen molar-refractivity contribution in [1.29, 1.82) is 5.26 Å². The molecule has 0 atom stereocenters. The van der Waals surface area contributed by atoms with Crippen LogP contribution in [0.1, 0.15) is 21.7 Å². The van der Waals surface area contributed by atoms with E-state index in [2.05, 4.69) is 6.07 Å². The topological polar surface area (TPSA) is 81.7 Å². The third-order valence-corrected chi connectivity index (χ3v) is 3.94. The molecule has 0 aliphatic heterocycles. The van der Waals surface area contributed by atoms with Gasteiger partial charge in [-0.3, -0.25) is 0 Å². The lowest BCUT2D eigenvalue weighted by Crippen LogP contribution is -2.08. The lowest BCUT2D eigenvalue weighted by Gasteiger charge is -2.10. The van der Waals surface area contributed by atoms with Crippen molar-refractivity contribution in [3.05, 3.63) is 77.7 Å². The van der Waals surface area contributed by atoms with Crippen LogP contribution in [0.5, 0.6) is 17.2 Å². The van der Waals surface area contributed by atoms with E-state index in [4.69, 9.17) is 18.6 Å². The first-order valence-electron chi connectivity index (χ1n) is 8.35. The summed E-state index contributed by atoms with van der Waals surface area (Å²) in [6.07, 6.45) is 3.10. The van der Waals surface area contributed by atoms with Gasteiger partial charge < -0.3 is 18.6 Å². The van der Waals surface area contributed by atoms with Crippen molar-refractivity contribution >= 4 is 17.6 Å². The third kappa shape index (κ3) is 4.05. The molecule has 0 radical (unpaired) electrons. The maximum absolute atomic E-state index is 12.1. The molecular formula is C22H17NO5. The van der Waals surface area contributed by atoms with E-state index in [0.29, 0.717) is 28.2 Å². The van der Waals surface area contributed by atoms with Gasteiger partial charge in [-0.05, 0) is 48.0 Å². The van der Waals surface area contributed by atoms with Gasteiger partial charge >= 0.3 is 5.97 Å². The first-order valence-corrected chi connectivity index (χ1v) is 8.35. The molecule has 3 rings (SSSR count). The Labute approximate surface area is 162 Å². The fraction of sp³-hybridized carbons (Fsp3) is 0.0909. The Morgan fingerprint density at radius 1 is 1.00 bits per heavy atom. The standard InChI is InChI=1S/C22H17NO5/c1-25-18-7-4-3-6-17(18)16(14-23)12-15-9-10-19(21(13-15)26-2)28-22(24)20-8-5-11-27-20/h3-13H,1-2H3/b16-12-. The molecule has 0 aliphatic rings. The number of benzene rings is 2. The zero-order chi connectivity index (χ0) is 19.9. The van der Waals surface area contributed by atoms with E-state index in [0.717, 1.165) is 0 Å².